The first-order valence-corrected chi connectivity index (χ1v) is 10.1. The first kappa shape index (κ1) is 18.6. The summed E-state index contributed by atoms with van der Waals surface area (Å²) in [4.78, 5) is 24.5. The van der Waals surface area contributed by atoms with Crippen LogP contribution in [0.15, 0.2) is 77.0 Å². The van der Waals surface area contributed by atoms with Crippen molar-refractivity contribution in [1.82, 2.24) is 10.9 Å². The van der Waals surface area contributed by atoms with E-state index in [1.807, 2.05) is 0 Å². The van der Waals surface area contributed by atoms with Gasteiger partial charge < -0.3 is 0 Å². The summed E-state index contributed by atoms with van der Waals surface area (Å²) < 4.78 is 27.0. The van der Waals surface area contributed by atoms with Crippen LogP contribution in [0.1, 0.15) is 20.0 Å². The topological polar surface area (TPSA) is 104 Å². The van der Waals surface area contributed by atoms with Crippen LogP contribution in [0.4, 0.5) is 5.69 Å². The second-order valence-electron chi connectivity index (χ2n) is 5.38. The van der Waals surface area contributed by atoms with Crippen LogP contribution in [0.2, 0.25) is 0 Å². The van der Waals surface area contributed by atoms with E-state index in [1.165, 1.54) is 47.7 Å². The van der Waals surface area contributed by atoms with Gasteiger partial charge >= 0.3 is 0 Å². The van der Waals surface area contributed by atoms with Gasteiger partial charge in [0.2, 0.25) is 0 Å². The van der Waals surface area contributed by atoms with Gasteiger partial charge in [-0.1, -0.05) is 24.3 Å². The molecule has 0 aliphatic rings. The van der Waals surface area contributed by atoms with Crippen LogP contribution in [-0.2, 0) is 10.0 Å². The van der Waals surface area contributed by atoms with Crippen LogP contribution >= 0.6 is 11.3 Å². The predicted molar refractivity (Wildman–Crippen MR) is 103 cm³/mol. The smallest absolute Gasteiger partial charge is 0.279 e. The normalized spacial score (nSPS) is 10.8. The molecule has 0 aliphatic heterocycles. The Morgan fingerprint density at radius 1 is 0.778 bits per heavy atom. The Kier molecular flexibility index (Phi) is 5.53. The quantitative estimate of drug-likeness (QED) is 0.572. The molecule has 2 aromatic carbocycles. The van der Waals surface area contributed by atoms with Crippen LogP contribution in [-0.4, -0.2) is 20.2 Å². The highest BCUT2D eigenvalue weighted by Crippen LogP contribution is 2.16. The molecular weight excluding hydrogens is 386 g/mol. The molecule has 3 aromatic rings. The van der Waals surface area contributed by atoms with E-state index in [-0.39, 0.29) is 10.5 Å². The molecule has 7 nitrogen and oxygen atoms in total. The van der Waals surface area contributed by atoms with Gasteiger partial charge in [-0.2, -0.15) is 0 Å². The number of hydrogen-bond donors (Lipinski definition) is 3. The molecule has 0 unspecified atom stereocenters. The Morgan fingerprint density at radius 3 is 2.07 bits per heavy atom. The Balaban J connectivity index is 1.61. The summed E-state index contributed by atoms with van der Waals surface area (Å²) in [5.41, 5.74) is 5.21. The fraction of sp³-hybridized carbons (Fsp3) is 0. The zero-order valence-corrected chi connectivity index (χ0v) is 15.5. The molecule has 0 radical (unpaired) electrons. The molecule has 9 heteroatoms. The summed E-state index contributed by atoms with van der Waals surface area (Å²) in [6.45, 7) is 0. The van der Waals surface area contributed by atoms with Gasteiger partial charge in [0.05, 0.1) is 9.77 Å². The van der Waals surface area contributed by atoms with E-state index in [2.05, 4.69) is 15.6 Å². The van der Waals surface area contributed by atoms with E-state index in [0.717, 1.165) is 0 Å². The molecule has 0 saturated heterocycles. The van der Waals surface area contributed by atoms with E-state index < -0.39 is 21.8 Å². The molecule has 0 bridgehead atoms. The summed E-state index contributed by atoms with van der Waals surface area (Å²) >= 11 is 1.26. The van der Waals surface area contributed by atoms with Crippen molar-refractivity contribution in [2.45, 2.75) is 4.90 Å². The fourth-order valence-corrected chi connectivity index (χ4v) is 3.86. The second-order valence-corrected chi connectivity index (χ2v) is 8.01. The first-order chi connectivity index (χ1) is 13.0. The molecule has 0 fully saturated rings. The lowest BCUT2D eigenvalue weighted by Crippen LogP contribution is -2.41. The van der Waals surface area contributed by atoms with Crippen molar-refractivity contribution in [3.8, 4) is 0 Å². The van der Waals surface area contributed by atoms with E-state index in [9.17, 15) is 18.0 Å². The van der Waals surface area contributed by atoms with Gasteiger partial charge in [0.15, 0.2) is 0 Å². The lowest BCUT2D eigenvalue weighted by Gasteiger charge is -2.09. The molecule has 3 rings (SSSR count). The molecule has 3 N–H and O–H groups in total. The average Bonchev–Trinajstić information content (AvgIpc) is 3.22. The maximum Gasteiger partial charge on any atom is 0.279 e. The molecule has 0 spiro atoms. The zero-order valence-electron chi connectivity index (χ0n) is 13.9. The third-order valence-electron chi connectivity index (χ3n) is 3.49. The summed E-state index contributed by atoms with van der Waals surface area (Å²) in [7, 11) is -3.70. The van der Waals surface area contributed by atoms with Gasteiger partial charge in [0.1, 0.15) is 0 Å². The van der Waals surface area contributed by atoms with Gasteiger partial charge in [-0.05, 0) is 47.8 Å². The Bertz CT molecular complexity index is 1030. The standard InChI is InChI=1S/C18H15N3O4S2/c22-17(19-20-18(23)16-7-4-12-26-16)13-8-10-14(11-9-13)21-27(24,25)15-5-2-1-3-6-15/h1-12,21H,(H,19,22)(H,20,23). The lowest BCUT2D eigenvalue weighted by molar-refractivity contribution is 0.0849. The molecule has 0 aliphatic carbocycles. The van der Waals surface area contributed by atoms with Gasteiger partial charge in [0.25, 0.3) is 21.8 Å². The molecule has 2 amide bonds. The van der Waals surface area contributed by atoms with E-state index in [4.69, 9.17) is 0 Å². The van der Waals surface area contributed by atoms with Crippen molar-refractivity contribution in [3.05, 3.63) is 82.6 Å². The van der Waals surface area contributed by atoms with Crippen molar-refractivity contribution < 1.29 is 18.0 Å². The number of hydrogen-bond acceptors (Lipinski definition) is 5. The maximum absolute atomic E-state index is 12.3. The molecule has 1 heterocycles. The third-order valence-corrected chi connectivity index (χ3v) is 5.75. The number of hydrazine groups is 1. The summed E-state index contributed by atoms with van der Waals surface area (Å²) in [6, 6.07) is 17.2. The predicted octanol–water partition coefficient (Wildman–Crippen LogP) is 2.62. The van der Waals surface area contributed by atoms with E-state index in [0.29, 0.717) is 10.6 Å². The summed E-state index contributed by atoms with van der Waals surface area (Å²) in [5.74, 6) is -0.928. The van der Waals surface area contributed by atoms with Gasteiger partial charge in [-0.15, -0.1) is 11.3 Å². The molecular formula is C18H15N3O4S2. The van der Waals surface area contributed by atoms with Gasteiger partial charge in [0, 0.05) is 11.3 Å². The largest absolute Gasteiger partial charge is 0.280 e. The summed E-state index contributed by atoms with van der Waals surface area (Å²) in [6.07, 6.45) is 0. The second kappa shape index (κ2) is 8.02. The Hall–Kier alpha value is -3.17. The van der Waals surface area contributed by atoms with Gasteiger partial charge in [-0.25, -0.2) is 8.42 Å². The van der Waals surface area contributed by atoms with E-state index in [1.54, 1.807) is 35.7 Å². The third kappa shape index (κ3) is 4.72. The monoisotopic (exact) mass is 401 g/mol. The van der Waals surface area contributed by atoms with Crippen LogP contribution in [0.25, 0.3) is 0 Å². The van der Waals surface area contributed by atoms with Crippen LogP contribution in [0, 0.1) is 0 Å². The lowest BCUT2D eigenvalue weighted by atomic mass is 10.2. The Labute approximate surface area is 160 Å². The molecule has 0 saturated carbocycles. The minimum Gasteiger partial charge on any atom is -0.280 e. The minimum absolute atomic E-state index is 0.142. The van der Waals surface area contributed by atoms with Crippen molar-refractivity contribution in [3.63, 3.8) is 0 Å². The maximum atomic E-state index is 12.3. The minimum atomic E-state index is -3.70. The van der Waals surface area contributed by atoms with Crippen LogP contribution < -0.4 is 15.6 Å². The average molecular weight is 401 g/mol. The molecule has 27 heavy (non-hydrogen) atoms. The highest BCUT2D eigenvalue weighted by molar-refractivity contribution is 7.92. The number of anilines is 1. The van der Waals surface area contributed by atoms with Crippen molar-refractivity contribution in [2.75, 3.05) is 4.72 Å². The summed E-state index contributed by atoms with van der Waals surface area (Å²) in [5, 5.41) is 1.76. The van der Waals surface area contributed by atoms with Crippen molar-refractivity contribution >= 4 is 38.9 Å². The highest BCUT2D eigenvalue weighted by Gasteiger charge is 2.14. The fourth-order valence-electron chi connectivity index (χ4n) is 2.16. The van der Waals surface area contributed by atoms with Crippen LogP contribution in [0.5, 0.6) is 0 Å². The van der Waals surface area contributed by atoms with Crippen molar-refractivity contribution in [1.29, 1.82) is 0 Å². The number of benzene rings is 2. The van der Waals surface area contributed by atoms with E-state index >= 15 is 0 Å². The van der Waals surface area contributed by atoms with Crippen LogP contribution in [0.3, 0.4) is 0 Å². The first-order valence-electron chi connectivity index (χ1n) is 7.78. The number of carbonyl (C=O) groups is 2. The number of sulfonamides is 1. The number of rotatable bonds is 5. The SMILES string of the molecule is O=C(NNC(=O)c1cccs1)c1ccc(NS(=O)(=O)c2ccccc2)cc1. The van der Waals surface area contributed by atoms with Crippen molar-refractivity contribution in [2.24, 2.45) is 0 Å². The molecule has 1 aromatic heterocycles. The number of carbonyl (C=O) groups excluding carboxylic acids is 2. The highest BCUT2D eigenvalue weighted by atomic mass is 32.2. The Morgan fingerprint density at radius 2 is 1.44 bits per heavy atom. The van der Waals surface area contributed by atoms with Gasteiger partial charge in [-0.3, -0.25) is 25.2 Å². The molecule has 0 atom stereocenters. The number of amides is 2. The molecule has 138 valence electrons. The number of thiophene rings is 1. The zero-order chi connectivity index (χ0) is 19.3. The number of nitrogens with one attached hydrogen (secondary N) is 3.